The first-order chi connectivity index (χ1) is 12.1. The van der Waals surface area contributed by atoms with E-state index in [0.717, 1.165) is 24.2 Å². The van der Waals surface area contributed by atoms with Gasteiger partial charge in [0.15, 0.2) is 0 Å². The van der Waals surface area contributed by atoms with Gasteiger partial charge in [-0.1, -0.05) is 24.3 Å². The third-order valence-electron chi connectivity index (χ3n) is 4.33. The van der Waals surface area contributed by atoms with Gasteiger partial charge >= 0.3 is 6.09 Å². The summed E-state index contributed by atoms with van der Waals surface area (Å²) >= 11 is 0. The summed E-state index contributed by atoms with van der Waals surface area (Å²) in [6.45, 7) is 3.06. The van der Waals surface area contributed by atoms with Crippen molar-refractivity contribution in [3.8, 4) is 0 Å². The van der Waals surface area contributed by atoms with Crippen LogP contribution in [0.4, 0.5) is 16.2 Å². The average molecular weight is 338 g/mol. The van der Waals surface area contributed by atoms with Crippen LogP contribution in [0.25, 0.3) is 0 Å². The molecular formula is C20H22N2O3. The highest BCUT2D eigenvalue weighted by atomic mass is 16.6. The first kappa shape index (κ1) is 17.0. The quantitative estimate of drug-likeness (QED) is 0.869. The molecule has 130 valence electrons. The van der Waals surface area contributed by atoms with E-state index in [1.54, 1.807) is 17.0 Å². The molecule has 0 bridgehead atoms. The van der Waals surface area contributed by atoms with Gasteiger partial charge in [0.1, 0.15) is 6.61 Å². The molecule has 0 spiro atoms. The van der Waals surface area contributed by atoms with Gasteiger partial charge in [0.25, 0.3) is 0 Å². The van der Waals surface area contributed by atoms with Gasteiger partial charge in [0.05, 0.1) is 6.54 Å². The van der Waals surface area contributed by atoms with Crippen molar-refractivity contribution in [3.63, 3.8) is 0 Å². The third kappa shape index (κ3) is 4.38. The second-order valence-corrected chi connectivity index (χ2v) is 6.14. The summed E-state index contributed by atoms with van der Waals surface area (Å²) in [6.07, 6.45) is 1.87. The molecule has 1 aliphatic heterocycles. The molecule has 0 saturated carbocycles. The van der Waals surface area contributed by atoms with Crippen LogP contribution in [0.1, 0.15) is 24.0 Å². The molecule has 2 amide bonds. The molecule has 5 heteroatoms. The lowest BCUT2D eigenvalue weighted by molar-refractivity contribution is -0.116. The molecule has 1 saturated heterocycles. The number of hydrogen-bond donors (Lipinski definition) is 1. The number of benzene rings is 2. The highest BCUT2D eigenvalue weighted by Gasteiger charge is 2.23. The molecule has 25 heavy (non-hydrogen) atoms. The smallest absolute Gasteiger partial charge is 0.414 e. The summed E-state index contributed by atoms with van der Waals surface area (Å²) in [5, 5.41) is 2.90. The molecule has 0 radical (unpaired) electrons. The Balaban J connectivity index is 1.48. The summed E-state index contributed by atoms with van der Waals surface area (Å²) < 4.78 is 4.92. The van der Waals surface area contributed by atoms with E-state index in [4.69, 9.17) is 4.74 Å². The summed E-state index contributed by atoms with van der Waals surface area (Å²) in [6, 6.07) is 15.5. The molecule has 0 aromatic heterocycles. The highest BCUT2D eigenvalue weighted by molar-refractivity contribution is 5.92. The fourth-order valence-corrected chi connectivity index (χ4v) is 2.91. The summed E-state index contributed by atoms with van der Waals surface area (Å²) in [5.74, 6) is 0.00177. The number of carbonyl (C=O) groups is 2. The molecule has 3 rings (SSSR count). The van der Waals surface area contributed by atoms with Crippen LogP contribution in [0.2, 0.25) is 0 Å². The zero-order valence-corrected chi connectivity index (χ0v) is 14.3. The van der Waals surface area contributed by atoms with E-state index in [0.29, 0.717) is 19.6 Å². The Morgan fingerprint density at radius 2 is 1.92 bits per heavy atom. The second kappa shape index (κ2) is 7.83. The molecule has 5 nitrogen and oxygen atoms in total. The molecule has 0 aliphatic carbocycles. The Morgan fingerprint density at radius 3 is 2.60 bits per heavy atom. The predicted octanol–water partition coefficient (Wildman–Crippen LogP) is 3.91. The number of ether oxygens (including phenoxy) is 1. The van der Waals surface area contributed by atoms with Crippen LogP contribution in [0.3, 0.4) is 0 Å². The van der Waals surface area contributed by atoms with E-state index in [9.17, 15) is 9.59 Å². The van der Waals surface area contributed by atoms with Crippen molar-refractivity contribution in [3.05, 3.63) is 59.7 Å². The van der Waals surface area contributed by atoms with E-state index in [2.05, 4.69) is 24.4 Å². The van der Waals surface area contributed by atoms with Gasteiger partial charge in [-0.2, -0.15) is 0 Å². The van der Waals surface area contributed by atoms with E-state index in [1.807, 2.05) is 24.3 Å². The Morgan fingerprint density at radius 1 is 1.16 bits per heavy atom. The van der Waals surface area contributed by atoms with Crippen LogP contribution in [-0.2, 0) is 16.0 Å². The third-order valence-corrected chi connectivity index (χ3v) is 4.33. The maximum atomic E-state index is 12.1. The van der Waals surface area contributed by atoms with E-state index < -0.39 is 0 Å². The Labute approximate surface area is 147 Å². The van der Waals surface area contributed by atoms with E-state index in [1.165, 1.54) is 11.1 Å². The predicted molar refractivity (Wildman–Crippen MR) is 97.9 cm³/mol. The van der Waals surface area contributed by atoms with E-state index >= 15 is 0 Å². The van der Waals surface area contributed by atoms with Gasteiger partial charge in [-0.15, -0.1) is 0 Å². The Kier molecular flexibility index (Phi) is 5.33. The molecule has 0 atom stereocenters. The van der Waals surface area contributed by atoms with E-state index in [-0.39, 0.29) is 12.0 Å². The minimum absolute atomic E-state index is 0.00177. The molecule has 1 fully saturated rings. The van der Waals surface area contributed by atoms with Gasteiger partial charge in [-0.05, 0) is 55.2 Å². The number of nitrogens with one attached hydrogen (secondary N) is 1. The zero-order valence-electron chi connectivity index (χ0n) is 14.3. The molecule has 2 aromatic rings. The van der Waals surface area contributed by atoms with Gasteiger partial charge in [0, 0.05) is 17.8 Å². The molecule has 0 unspecified atom stereocenters. The van der Waals surface area contributed by atoms with Gasteiger partial charge < -0.3 is 10.1 Å². The van der Waals surface area contributed by atoms with Crippen molar-refractivity contribution in [2.24, 2.45) is 0 Å². The lowest BCUT2D eigenvalue weighted by Gasteiger charge is -2.13. The van der Waals surface area contributed by atoms with Gasteiger partial charge in [-0.25, -0.2) is 4.79 Å². The molecule has 1 N–H and O–H groups in total. The topological polar surface area (TPSA) is 58.6 Å². The molecule has 1 heterocycles. The summed E-state index contributed by atoms with van der Waals surface area (Å²) in [7, 11) is 0. The maximum absolute atomic E-state index is 12.1. The number of cyclic esters (lactones) is 1. The van der Waals surface area contributed by atoms with Crippen LogP contribution < -0.4 is 10.2 Å². The number of rotatable bonds is 6. The van der Waals surface area contributed by atoms with Crippen molar-refractivity contribution in [1.29, 1.82) is 0 Å². The van der Waals surface area contributed by atoms with Crippen molar-refractivity contribution < 1.29 is 14.3 Å². The van der Waals surface area contributed by atoms with Crippen LogP contribution in [0.5, 0.6) is 0 Å². The summed E-state index contributed by atoms with van der Waals surface area (Å²) in [4.78, 5) is 25.2. The minimum atomic E-state index is -0.326. The summed E-state index contributed by atoms with van der Waals surface area (Å²) in [5.41, 5.74) is 4.06. The first-order valence-corrected chi connectivity index (χ1v) is 8.52. The van der Waals surface area contributed by atoms with Crippen molar-refractivity contribution in [2.75, 3.05) is 23.4 Å². The average Bonchev–Trinajstić information content (AvgIpc) is 3.03. The van der Waals surface area contributed by atoms with Gasteiger partial charge in [-0.3, -0.25) is 9.69 Å². The minimum Gasteiger partial charge on any atom is -0.447 e. The lowest BCUT2D eigenvalue weighted by atomic mass is 10.0. The largest absolute Gasteiger partial charge is 0.447 e. The Hall–Kier alpha value is -2.82. The van der Waals surface area contributed by atoms with Crippen LogP contribution in [0.15, 0.2) is 48.5 Å². The number of aryl methyl sites for hydroxylation is 2. The number of nitrogens with zero attached hydrogens (tertiary/aromatic N) is 1. The normalized spacial score (nSPS) is 13.6. The fourth-order valence-electron chi connectivity index (χ4n) is 2.91. The standard InChI is InChI=1S/C20H22N2O3/c1-15-5-2-3-6-16(15)7-4-8-19(23)21-17-9-11-18(12-10-17)22-13-14-25-20(22)24/h2-3,5-6,9-12H,4,7-8,13-14H2,1H3,(H,21,23). The molecular weight excluding hydrogens is 316 g/mol. The van der Waals surface area contributed by atoms with Crippen molar-refractivity contribution >= 4 is 23.4 Å². The molecule has 2 aromatic carbocycles. The van der Waals surface area contributed by atoms with Crippen molar-refractivity contribution in [2.45, 2.75) is 26.2 Å². The van der Waals surface area contributed by atoms with Gasteiger partial charge in [0.2, 0.25) is 5.91 Å². The zero-order chi connectivity index (χ0) is 17.6. The maximum Gasteiger partial charge on any atom is 0.414 e. The number of anilines is 2. The molecule has 1 aliphatic rings. The number of amides is 2. The number of carbonyl (C=O) groups excluding carboxylic acids is 2. The van der Waals surface area contributed by atoms with Crippen LogP contribution in [0, 0.1) is 6.92 Å². The van der Waals surface area contributed by atoms with Crippen molar-refractivity contribution in [1.82, 2.24) is 0 Å². The monoisotopic (exact) mass is 338 g/mol. The highest BCUT2D eigenvalue weighted by Crippen LogP contribution is 2.21. The number of hydrogen-bond acceptors (Lipinski definition) is 3. The first-order valence-electron chi connectivity index (χ1n) is 8.52. The second-order valence-electron chi connectivity index (χ2n) is 6.14. The lowest BCUT2D eigenvalue weighted by Crippen LogP contribution is -2.23. The fraction of sp³-hybridized carbons (Fsp3) is 0.300. The Bertz CT molecular complexity index is 756. The SMILES string of the molecule is Cc1ccccc1CCCC(=O)Nc1ccc(N2CCOC2=O)cc1. The van der Waals surface area contributed by atoms with Crippen LogP contribution >= 0.6 is 0 Å². The van der Waals surface area contributed by atoms with Crippen LogP contribution in [-0.4, -0.2) is 25.2 Å².